The first-order valence-corrected chi connectivity index (χ1v) is 15.7. The number of carboxylic acids is 1. The van der Waals surface area contributed by atoms with E-state index >= 15 is 0 Å². The van der Waals surface area contributed by atoms with Crippen molar-refractivity contribution < 1.29 is 44.2 Å². The number of rotatable bonds is 8. The smallest absolute Gasteiger partial charge is 0.303 e. The van der Waals surface area contributed by atoms with Gasteiger partial charge >= 0.3 is 5.97 Å². The third kappa shape index (κ3) is 5.36. The quantitative estimate of drug-likeness (QED) is 0.349. The van der Waals surface area contributed by atoms with Gasteiger partial charge in [0, 0.05) is 11.8 Å². The minimum absolute atomic E-state index is 0.0396. The molecule has 0 heterocycles. The van der Waals surface area contributed by atoms with E-state index in [9.17, 15) is 35.8 Å². The van der Waals surface area contributed by atoms with E-state index < -0.39 is 44.4 Å². The average molecular weight is 551 g/mol. The summed E-state index contributed by atoms with van der Waals surface area (Å²) in [6, 6.07) is 0. The van der Waals surface area contributed by atoms with Gasteiger partial charge in [0.2, 0.25) is 20.8 Å². The Balaban J connectivity index is 1.63. The molecular weight excluding hydrogens is 512 g/mol. The van der Waals surface area contributed by atoms with E-state index in [1.165, 1.54) is 0 Å². The van der Waals surface area contributed by atoms with Crippen LogP contribution in [0.4, 0.5) is 0 Å². The minimum Gasteiger partial charge on any atom is -0.726 e. The van der Waals surface area contributed by atoms with Crippen molar-refractivity contribution >= 4 is 26.8 Å². The molecule has 10 nitrogen and oxygen atoms in total. The Morgan fingerprint density at radius 1 is 0.972 bits per heavy atom. The van der Waals surface area contributed by atoms with Crippen LogP contribution < -0.4 is 0 Å². The highest BCUT2D eigenvalue weighted by molar-refractivity contribution is 7.81. The molecule has 4 aliphatic rings. The standard InChI is InChI=1S/C24H40O10S2/c1-14(4-9-22(25)26)18-7-8-19-17-6-5-15-12-16(33-35(27,28)29)10-11-23(15,2)20(17)13-21(24(18,19)3)34-36(30,31)32/h14-21H,4-13H2,1-3H3,(H,25,26)(H,27,28,29)(H,30,31,32)/p-2/t14-,15-,16-,17+,18-,19+,20+,21+,23+,24-/m1/s1. The van der Waals surface area contributed by atoms with Gasteiger partial charge in [0.05, 0.1) is 12.2 Å². The van der Waals surface area contributed by atoms with Crippen LogP contribution in [0.2, 0.25) is 0 Å². The number of fused-ring (bicyclic) bond motifs is 5. The van der Waals surface area contributed by atoms with Gasteiger partial charge in [0.1, 0.15) is 0 Å². The van der Waals surface area contributed by atoms with Crippen molar-refractivity contribution in [2.24, 2.45) is 46.3 Å². The van der Waals surface area contributed by atoms with Crippen LogP contribution in [0.15, 0.2) is 0 Å². The molecule has 0 aromatic carbocycles. The fourth-order valence-electron chi connectivity index (χ4n) is 9.21. The lowest BCUT2D eigenvalue weighted by atomic mass is 9.43. The van der Waals surface area contributed by atoms with E-state index in [0.29, 0.717) is 38.0 Å². The van der Waals surface area contributed by atoms with Gasteiger partial charge in [-0.2, -0.15) is 0 Å². The summed E-state index contributed by atoms with van der Waals surface area (Å²) in [5.74, 6) is -0.0976. The predicted molar refractivity (Wildman–Crippen MR) is 126 cm³/mol. The van der Waals surface area contributed by atoms with Crippen LogP contribution >= 0.6 is 0 Å². The SMILES string of the molecule is C[C@H](CCC(=O)O)[C@H]1CC[C@H]2[C@@H]3CC[C@@H]4C[C@H](OS(=O)(=O)[O-])CC[C@]4(C)[C@H]3C[C@H](OS(=O)(=O)[O-])[C@]12C. The zero-order chi connectivity index (χ0) is 26.7. The van der Waals surface area contributed by atoms with E-state index in [4.69, 9.17) is 8.37 Å². The first-order valence-electron chi connectivity index (χ1n) is 13.0. The lowest BCUT2D eigenvalue weighted by molar-refractivity contribution is -0.167. The Morgan fingerprint density at radius 3 is 2.25 bits per heavy atom. The van der Waals surface area contributed by atoms with Gasteiger partial charge in [-0.25, -0.2) is 16.8 Å². The molecule has 10 atom stereocenters. The van der Waals surface area contributed by atoms with Crippen LogP contribution in [0.5, 0.6) is 0 Å². The Bertz CT molecular complexity index is 1060. The molecule has 0 aromatic rings. The number of carbonyl (C=O) groups is 1. The van der Waals surface area contributed by atoms with Crippen molar-refractivity contribution in [3.63, 3.8) is 0 Å². The van der Waals surface area contributed by atoms with Gasteiger partial charge in [-0.3, -0.25) is 13.2 Å². The summed E-state index contributed by atoms with van der Waals surface area (Å²) in [6.07, 6.45) is 4.52. The zero-order valence-corrected chi connectivity index (χ0v) is 22.8. The number of hydrogen-bond acceptors (Lipinski definition) is 9. The highest BCUT2D eigenvalue weighted by atomic mass is 32.3. The van der Waals surface area contributed by atoms with Crippen molar-refractivity contribution in [1.82, 2.24) is 0 Å². The Kier molecular flexibility index (Phi) is 7.64. The molecule has 0 bridgehead atoms. The fourth-order valence-corrected chi connectivity index (χ4v) is 10.3. The Morgan fingerprint density at radius 2 is 1.64 bits per heavy atom. The summed E-state index contributed by atoms with van der Waals surface area (Å²) in [6.45, 7) is 6.22. The normalized spacial score (nSPS) is 43.8. The van der Waals surface area contributed by atoms with E-state index in [0.717, 1.165) is 25.7 Å². The fraction of sp³-hybridized carbons (Fsp3) is 0.958. The average Bonchev–Trinajstić information content (AvgIpc) is 3.09. The maximum Gasteiger partial charge on any atom is 0.303 e. The zero-order valence-electron chi connectivity index (χ0n) is 21.1. The second kappa shape index (κ2) is 9.75. The van der Waals surface area contributed by atoms with Gasteiger partial charge in [0.15, 0.2) is 0 Å². The van der Waals surface area contributed by atoms with Gasteiger partial charge in [-0.1, -0.05) is 20.8 Å². The number of aliphatic carboxylic acids is 1. The van der Waals surface area contributed by atoms with Gasteiger partial charge in [-0.15, -0.1) is 0 Å². The summed E-state index contributed by atoms with van der Waals surface area (Å²) in [4.78, 5) is 11.2. The van der Waals surface area contributed by atoms with E-state index in [-0.39, 0.29) is 41.4 Å². The molecule has 4 aliphatic carbocycles. The lowest BCUT2D eigenvalue weighted by Gasteiger charge is -2.63. The summed E-state index contributed by atoms with van der Waals surface area (Å²) in [5.41, 5.74) is -0.769. The molecule has 4 fully saturated rings. The third-order valence-electron chi connectivity index (χ3n) is 10.8. The van der Waals surface area contributed by atoms with Crippen molar-refractivity contribution in [2.75, 3.05) is 0 Å². The molecule has 4 saturated carbocycles. The predicted octanol–water partition coefficient (Wildman–Crippen LogP) is 3.45. The molecule has 0 radical (unpaired) electrons. The summed E-state index contributed by atoms with van der Waals surface area (Å²) in [7, 11) is -9.74. The summed E-state index contributed by atoms with van der Waals surface area (Å²) in [5, 5.41) is 9.18. The second-order valence-corrected chi connectivity index (χ2v) is 14.3. The second-order valence-electron chi connectivity index (χ2n) is 12.2. The highest BCUT2D eigenvalue weighted by Gasteiger charge is 2.64. The third-order valence-corrected chi connectivity index (χ3v) is 11.7. The molecule has 0 aromatic heterocycles. The number of hydrogen-bond donors (Lipinski definition) is 1. The number of carboxylic acid groups (broad SMARTS) is 1. The van der Waals surface area contributed by atoms with Crippen LogP contribution in [0.1, 0.15) is 85.0 Å². The molecule has 0 unspecified atom stereocenters. The van der Waals surface area contributed by atoms with Gasteiger partial charge in [0.25, 0.3) is 0 Å². The monoisotopic (exact) mass is 550 g/mol. The molecule has 36 heavy (non-hydrogen) atoms. The molecule has 0 aliphatic heterocycles. The molecule has 0 saturated heterocycles. The molecule has 4 rings (SSSR count). The van der Waals surface area contributed by atoms with Crippen LogP contribution in [0.3, 0.4) is 0 Å². The van der Waals surface area contributed by atoms with Gasteiger partial charge < -0.3 is 14.2 Å². The van der Waals surface area contributed by atoms with Gasteiger partial charge in [-0.05, 0) is 98.7 Å². The summed E-state index contributed by atoms with van der Waals surface area (Å²) >= 11 is 0. The van der Waals surface area contributed by atoms with Crippen LogP contribution in [-0.2, 0) is 34.0 Å². The van der Waals surface area contributed by atoms with Crippen molar-refractivity contribution in [2.45, 2.75) is 97.2 Å². The topological polar surface area (TPSA) is 170 Å². The Labute approximate surface area is 214 Å². The molecule has 0 spiro atoms. The van der Waals surface area contributed by atoms with Crippen molar-refractivity contribution in [3.8, 4) is 0 Å². The highest BCUT2D eigenvalue weighted by Crippen LogP contribution is 2.69. The largest absolute Gasteiger partial charge is 0.726 e. The molecule has 12 heteroatoms. The molecule has 208 valence electrons. The van der Waals surface area contributed by atoms with E-state index in [1.54, 1.807) is 0 Å². The van der Waals surface area contributed by atoms with Crippen molar-refractivity contribution in [3.05, 3.63) is 0 Å². The van der Waals surface area contributed by atoms with Crippen LogP contribution in [-0.4, -0.2) is 49.2 Å². The Hall–Kier alpha value is -0.790. The van der Waals surface area contributed by atoms with E-state index in [1.807, 2.05) is 13.8 Å². The lowest BCUT2D eigenvalue weighted by Crippen LogP contribution is -2.59. The maximum absolute atomic E-state index is 11.9. The molecule has 0 amide bonds. The van der Waals surface area contributed by atoms with Crippen LogP contribution in [0, 0.1) is 46.3 Å². The first-order chi connectivity index (χ1) is 16.5. The minimum atomic E-state index is -4.96. The van der Waals surface area contributed by atoms with Crippen molar-refractivity contribution in [1.29, 1.82) is 0 Å². The molecule has 1 N–H and O–H groups in total. The molecular formula is C24H38O10S2-2. The van der Waals surface area contributed by atoms with Crippen LogP contribution in [0.25, 0.3) is 0 Å². The summed E-state index contributed by atoms with van der Waals surface area (Å²) < 4.78 is 79.2. The first kappa shape index (κ1) is 28.2. The van der Waals surface area contributed by atoms with E-state index in [2.05, 4.69) is 6.92 Å². The maximum atomic E-state index is 11.9.